The Balaban J connectivity index is 0.00000210. The van der Waals surface area contributed by atoms with E-state index in [1.54, 1.807) is 6.20 Å². The van der Waals surface area contributed by atoms with Crippen molar-refractivity contribution >= 4 is 6.08 Å². The number of hydrogen-bond acceptors (Lipinski definition) is 2. The molecule has 0 amide bonds. The van der Waals surface area contributed by atoms with Crippen LogP contribution >= 0.6 is 0 Å². The largest absolute Gasteiger partial charge is 2.00 e. The number of aromatic nitrogens is 2. The number of benzene rings is 2. The molecule has 0 N–H and O–H groups in total. The van der Waals surface area contributed by atoms with Crippen molar-refractivity contribution in [3.63, 3.8) is 0 Å². The molecule has 0 saturated heterocycles. The molecule has 2 nitrogen and oxygen atoms in total. The van der Waals surface area contributed by atoms with E-state index in [1.807, 2.05) is 84.9 Å². The molecule has 0 aliphatic rings. The van der Waals surface area contributed by atoms with Gasteiger partial charge in [-0.25, -0.2) is 0 Å². The summed E-state index contributed by atoms with van der Waals surface area (Å²) >= 11 is 0. The maximum absolute atomic E-state index is 4.70. The molecule has 0 spiro atoms. The van der Waals surface area contributed by atoms with Gasteiger partial charge in [-0.3, -0.25) is 4.98 Å². The second-order valence-electron chi connectivity index (χ2n) is 5.77. The summed E-state index contributed by atoms with van der Waals surface area (Å²) in [5.74, 6) is 0. The zero-order valence-corrected chi connectivity index (χ0v) is 16.0. The third-order valence-electron chi connectivity index (χ3n) is 4.00. The molecule has 2 aromatic heterocycles. The Bertz CT molecular complexity index is 1030. The standard InChI is InChI=1S/C24H16N2.Pd/c1-2-10-20(11-3-1)23-15-8-12-21(26-23)17-16-19-9-4-5-13-22(19)24-14-6-7-18-25-24;/h1-10,12-15,17-18H;/q-2;+2. The molecule has 0 aliphatic carbocycles. The third-order valence-corrected chi connectivity index (χ3v) is 4.00. The topological polar surface area (TPSA) is 25.8 Å². The van der Waals surface area contributed by atoms with Gasteiger partial charge >= 0.3 is 20.4 Å². The Morgan fingerprint density at radius 2 is 1.59 bits per heavy atom. The quantitative estimate of drug-likeness (QED) is 0.312. The van der Waals surface area contributed by atoms with E-state index in [0.29, 0.717) is 0 Å². The van der Waals surface area contributed by atoms with E-state index in [0.717, 1.165) is 33.8 Å². The summed E-state index contributed by atoms with van der Waals surface area (Å²) in [5, 5.41) is 0. The first-order valence-corrected chi connectivity index (χ1v) is 8.44. The van der Waals surface area contributed by atoms with Crippen LogP contribution in [0.5, 0.6) is 0 Å². The van der Waals surface area contributed by atoms with Crippen LogP contribution < -0.4 is 0 Å². The van der Waals surface area contributed by atoms with Crippen LogP contribution in [-0.4, -0.2) is 9.97 Å². The fraction of sp³-hybridized carbons (Fsp3) is 0. The molecule has 0 fully saturated rings. The predicted molar refractivity (Wildman–Crippen MR) is 105 cm³/mol. The van der Waals surface area contributed by atoms with E-state index < -0.39 is 0 Å². The fourth-order valence-electron chi connectivity index (χ4n) is 2.74. The molecule has 2 heterocycles. The molecule has 4 aromatic rings. The first-order chi connectivity index (χ1) is 12.9. The zero-order chi connectivity index (χ0) is 17.6. The molecule has 3 heteroatoms. The molecule has 4 rings (SSSR count). The summed E-state index contributed by atoms with van der Waals surface area (Å²) in [4.78, 5) is 9.14. The summed E-state index contributed by atoms with van der Waals surface area (Å²) < 4.78 is 0. The van der Waals surface area contributed by atoms with Crippen molar-refractivity contribution in [2.75, 3.05) is 0 Å². The second kappa shape index (κ2) is 9.19. The van der Waals surface area contributed by atoms with E-state index in [1.165, 1.54) is 0 Å². The van der Waals surface area contributed by atoms with Gasteiger partial charge in [0, 0.05) is 11.9 Å². The van der Waals surface area contributed by atoms with E-state index in [9.17, 15) is 0 Å². The first-order valence-electron chi connectivity index (χ1n) is 8.44. The molecule has 0 bridgehead atoms. The van der Waals surface area contributed by atoms with E-state index in [4.69, 9.17) is 4.98 Å². The summed E-state index contributed by atoms with van der Waals surface area (Å²) in [7, 11) is 0. The maximum atomic E-state index is 4.70. The smallest absolute Gasteiger partial charge is 0.345 e. The fourth-order valence-corrected chi connectivity index (χ4v) is 2.74. The van der Waals surface area contributed by atoms with E-state index >= 15 is 0 Å². The number of hydrogen-bond donors (Lipinski definition) is 0. The molecule has 0 saturated carbocycles. The number of nitrogens with zero attached hydrogens (tertiary/aromatic N) is 2. The molecule has 0 aliphatic heterocycles. The molecule has 0 atom stereocenters. The molecule has 132 valence electrons. The van der Waals surface area contributed by atoms with Gasteiger partial charge < -0.3 is 4.98 Å². The molecule has 0 unspecified atom stereocenters. The third kappa shape index (κ3) is 4.65. The van der Waals surface area contributed by atoms with Gasteiger partial charge in [-0.1, -0.05) is 42.0 Å². The monoisotopic (exact) mass is 438 g/mol. The van der Waals surface area contributed by atoms with Crippen molar-refractivity contribution in [3.05, 3.63) is 115 Å². The van der Waals surface area contributed by atoms with Crippen LogP contribution in [0.25, 0.3) is 28.6 Å². The van der Waals surface area contributed by atoms with Crippen LogP contribution in [0, 0.1) is 12.1 Å². The first kappa shape index (κ1) is 18.9. The van der Waals surface area contributed by atoms with Crippen LogP contribution in [0.3, 0.4) is 0 Å². The summed E-state index contributed by atoms with van der Waals surface area (Å²) in [5.41, 5.74) is 5.72. The van der Waals surface area contributed by atoms with Crippen LogP contribution in [0.2, 0.25) is 0 Å². The van der Waals surface area contributed by atoms with Crippen molar-refractivity contribution in [3.8, 4) is 22.5 Å². The SMILES string of the molecule is [C-](=Cc1cccc(-c2[c-]cccc2)n1)c1ccccc1-c1ccccn1.[Pd+2]. The number of pyridine rings is 2. The minimum absolute atomic E-state index is 0. The second-order valence-corrected chi connectivity index (χ2v) is 5.77. The van der Waals surface area contributed by atoms with Crippen LogP contribution in [0.4, 0.5) is 0 Å². The Labute approximate surface area is 173 Å². The number of rotatable bonds is 4. The van der Waals surface area contributed by atoms with Gasteiger partial charge in [0.25, 0.3) is 0 Å². The van der Waals surface area contributed by atoms with Crippen molar-refractivity contribution < 1.29 is 20.4 Å². The van der Waals surface area contributed by atoms with Crippen molar-refractivity contribution in [2.45, 2.75) is 0 Å². The normalized spacial score (nSPS) is 10.5. The minimum Gasteiger partial charge on any atom is -0.345 e. The Hall–Kier alpha value is -2.86. The van der Waals surface area contributed by atoms with E-state index in [2.05, 4.69) is 23.2 Å². The van der Waals surface area contributed by atoms with Crippen molar-refractivity contribution in [1.29, 1.82) is 0 Å². The molecular formula is C24H16N2Pd. The van der Waals surface area contributed by atoms with E-state index in [-0.39, 0.29) is 20.4 Å². The van der Waals surface area contributed by atoms with Crippen molar-refractivity contribution in [1.82, 2.24) is 9.97 Å². The average Bonchev–Trinajstić information content (AvgIpc) is 2.74. The Morgan fingerprint density at radius 1 is 0.778 bits per heavy atom. The van der Waals surface area contributed by atoms with Gasteiger partial charge in [0.1, 0.15) is 0 Å². The Morgan fingerprint density at radius 3 is 2.41 bits per heavy atom. The van der Waals surface area contributed by atoms with Crippen LogP contribution in [0.15, 0.2) is 91.1 Å². The summed E-state index contributed by atoms with van der Waals surface area (Å²) in [6, 6.07) is 31.1. The van der Waals surface area contributed by atoms with Gasteiger partial charge in [0.05, 0.1) is 0 Å². The summed E-state index contributed by atoms with van der Waals surface area (Å²) in [6.07, 6.45) is 7.08. The summed E-state index contributed by atoms with van der Waals surface area (Å²) in [6.45, 7) is 0. The Kier molecular flexibility index (Phi) is 6.44. The molecule has 2 aromatic carbocycles. The average molecular weight is 439 g/mol. The van der Waals surface area contributed by atoms with Crippen molar-refractivity contribution in [2.24, 2.45) is 0 Å². The van der Waals surface area contributed by atoms with Gasteiger partial charge in [-0.15, -0.1) is 65.7 Å². The molecule has 27 heavy (non-hydrogen) atoms. The van der Waals surface area contributed by atoms with Crippen LogP contribution in [-0.2, 0) is 20.4 Å². The predicted octanol–water partition coefficient (Wildman–Crippen LogP) is 5.47. The molecular weight excluding hydrogens is 423 g/mol. The van der Waals surface area contributed by atoms with Gasteiger partial charge in [0.15, 0.2) is 0 Å². The molecule has 0 radical (unpaired) electrons. The van der Waals surface area contributed by atoms with Crippen LogP contribution in [0.1, 0.15) is 11.3 Å². The zero-order valence-electron chi connectivity index (χ0n) is 14.4. The minimum atomic E-state index is 0. The van der Waals surface area contributed by atoms with Gasteiger partial charge in [0.2, 0.25) is 0 Å². The van der Waals surface area contributed by atoms with Gasteiger partial charge in [-0.2, -0.15) is 0 Å². The maximum Gasteiger partial charge on any atom is 2.00 e. The van der Waals surface area contributed by atoms with Gasteiger partial charge in [-0.05, 0) is 23.5 Å².